The maximum Gasteiger partial charge on any atom is 0.276 e. The Morgan fingerprint density at radius 3 is 1.14 bits per heavy atom. The molecule has 0 aliphatic carbocycles. The van der Waals surface area contributed by atoms with Crippen molar-refractivity contribution in [3.8, 4) is 39.1 Å². The van der Waals surface area contributed by atoms with Crippen LogP contribution in [0.4, 0.5) is 17.1 Å². The normalized spacial score (nSPS) is 15.1. The second-order valence-corrected chi connectivity index (χ2v) is 26.6. The number of H-pyrrole nitrogens is 3. The lowest BCUT2D eigenvalue weighted by atomic mass is 10.0. The number of aromatic amines is 3. The number of aromatic nitrogens is 12. The van der Waals surface area contributed by atoms with E-state index in [0.717, 1.165) is 151 Å². The zero-order valence-electron chi connectivity index (χ0n) is 57.0. The third-order valence-electron chi connectivity index (χ3n) is 19.1. The summed E-state index contributed by atoms with van der Waals surface area (Å²) in [5.41, 5.74) is 15.0. The van der Waals surface area contributed by atoms with Crippen molar-refractivity contribution in [1.29, 1.82) is 0 Å². The Kier molecular flexibility index (Phi) is 21.1. The molecule has 0 unspecified atom stereocenters. The number of aryl methyl sites for hydroxylation is 1. The quantitative estimate of drug-likeness (QED) is 0.0442. The number of rotatable bonds is 16. The van der Waals surface area contributed by atoms with E-state index in [1.54, 1.807) is 43.6 Å². The van der Waals surface area contributed by atoms with Crippen LogP contribution in [0, 0.1) is 6.92 Å². The van der Waals surface area contributed by atoms with Gasteiger partial charge in [0.15, 0.2) is 17.1 Å². The Morgan fingerprint density at radius 1 is 0.382 bits per heavy atom. The van der Waals surface area contributed by atoms with Crippen molar-refractivity contribution in [2.75, 3.05) is 68.3 Å². The molecular formula is C78H81N19O5. The number of anilines is 3. The van der Waals surface area contributed by atoms with Crippen molar-refractivity contribution >= 4 is 73.4 Å². The third-order valence-corrected chi connectivity index (χ3v) is 19.1. The number of nitrogens with one attached hydrogen (secondary N) is 6. The molecule has 16 rings (SSSR count). The SMILES string of the molecule is Cc1ncc(NC(=O)c2n[nH]c3ccc(-c4cncc(CN5CCCCC5)c4)cc23)cn1.O=C(Nc1ccc(C(=O)N2CCCC2)nc1)c1n[nH]c2ccc(-c3cncc(CN4CCCCC4)c3)cc12.O=C(Nc1ccc(O)cc1)c1n[nH]c2ccc(-c3cncc(CN4CCCCC4)c3)cc12. The summed E-state index contributed by atoms with van der Waals surface area (Å²) in [5.74, 6) is -0.233. The second kappa shape index (κ2) is 31.8. The number of hydrogen-bond donors (Lipinski definition) is 7. The van der Waals surface area contributed by atoms with E-state index in [1.165, 1.54) is 92.8 Å². The van der Waals surface area contributed by atoms with E-state index in [2.05, 4.69) is 109 Å². The minimum Gasteiger partial charge on any atom is -0.508 e. The van der Waals surface area contributed by atoms with Crippen molar-refractivity contribution in [2.45, 2.75) is 97.2 Å². The molecule has 0 saturated carbocycles. The van der Waals surface area contributed by atoms with Gasteiger partial charge in [0, 0.05) is 108 Å². The van der Waals surface area contributed by atoms with Gasteiger partial charge in [0.2, 0.25) is 0 Å². The summed E-state index contributed by atoms with van der Waals surface area (Å²) in [6.07, 6.45) is 29.7. The molecule has 0 bridgehead atoms. The van der Waals surface area contributed by atoms with Crippen LogP contribution in [-0.2, 0) is 19.6 Å². The van der Waals surface area contributed by atoms with Gasteiger partial charge in [-0.3, -0.25) is 64.1 Å². The lowest BCUT2D eigenvalue weighted by molar-refractivity contribution is 0.0786. The van der Waals surface area contributed by atoms with E-state index in [9.17, 15) is 24.3 Å². The Bertz CT molecular complexity index is 4720. The smallest absolute Gasteiger partial charge is 0.276 e. The molecule has 102 heavy (non-hydrogen) atoms. The van der Waals surface area contributed by atoms with E-state index < -0.39 is 0 Å². The average molecular weight is 1360 g/mol. The number of pyridine rings is 4. The van der Waals surface area contributed by atoms with Gasteiger partial charge < -0.3 is 26.0 Å². The van der Waals surface area contributed by atoms with Crippen molar-refractivity contribution in [3.63, 3.8) is 0 Å². The predicted octanol–water partition coefficient (Wildman–Crippen LogP) is 13.0. The zero-order valence-corrected chi connectivity index (χ0v) is 57.0. The van der Waals surface area contributed by atoms with Crippen molar-refractivity contribution in [2.24, 2.45) is 0 Å². The van der Waals surface area contributed by atoms with E-state index in [-0.39, 0.29) is 29.4 Å². The molecule has 7 N–H and O–H groups in total. The molecule has 4 aliphatic rings. The van der Waals surface area contributed by atoms with Crippen LogP contribution in [0.1, 0.15) is 135 Å². The summed E-state index contributed by atoms with van der Waals surface area (Å²) in [5, 5.41) is 41.8. The van der Waals surface area contributed by atoms with E-state index in [1.807, 2.05) is 96.7 Å². The molecule has 8 aromatic heterocycles. The van der Waals surface area contributed by atoms with Gasteiger partial charge in [-0.05, 0) is 222 Å². The first-order valence-corrected chi connectivity index (χ1v) is 35.2. The number of phenolic OH excluding ortho intramolecular Hbond substituents is 1. The van der Waals surface area contributed by atoms with Gasteiger partial charge >= 0.3 is 0 Å². The first-order chi connectivity index (χ1) is 49.9. The van der Waals surface area contributed by atoms with Gasteiger partial charge in [-0.1, -0.05) is 37.5 Å². The number of benzene rings is 4. The number of likely N-dealkylation sites (tertiary alicyclic amines) is 4. The lowest BCUT2D eigenvalue weighted by Crippen LogP contribution is -2.29. The highest BCUT2D eigenvalue weighted by Crippen LogP contribution is 2.31. The summed E-state index contributed by atoms with van der Waals surface area (Å²) < 4.78 is 0. The standard InChI is InChI=1S/C29H31N7O2.C25H25N5O2.C24H25N7O/c37-28(32-23-7-9-26(31-18-23)29(38)36-12-4-5-13-36)27-24-15-21(6-8-25(24)33-34-27)22-14-20(16-30-17-22)19-35-10-2-1-3-11-35;31-21-7-5-20(6-8-21)27-25(32)24-22-13-18(4-9-23(22)28-29-24)19-12-17(14-26-15-19)16-30-10-2-1-3-11-30;1-16-26-13-20(14-27-16)28-24(32)23-21-10-18(5-6-22(21)29-30-23)19-9-17(11-25-12-19)15-31-7-3-2-4-8-31/h6-9,14-18H,1-5,10-13,19H2,(H,32,37)(H,33,34);4-9,12-15,31H,1-3,10-11,16H2,(H,27,32)(H,28,29);5-6,9-14H,2-4,7-8,15H2,1H3,(H,28,32)(H,29,30). The van der Waals surface area contributed by atoms with E-state index >= 15 is 0 Å². The molecule has 24 nitrogen and oxygen atoms in total. The van der Waals surface area contributed by atoms with Gasteiger partial charge in [0.25, 0.3) is 23.6 Å². The molecule has 0 spiro atoms. The molecule has 4 saturated heterocycles. The first kappa shape index (κ1) is 67.7. The van der Waals surface area contributed by atoms with Gasteiger partial charge in [0.05, 0.1) is 46.5 Å². The summed E-state index contributed by atoms with van der Waals surface area (Å²) in [7, 11) is 0. The Morgan fingerprint density at radius 2 is 0.745 bits per heavy atom. The van der Waals surface area contributed by atoms with E-state index in [0.29, 0.717) is 45.7 Å². The summed E-state index contributed by atoms with van der Waals surface area (Å²) >= 11 is 0. The molecule has 24 heteroatoms. The predicted molar refractivity (Wildman–Crippen MR) is 393 cm³/mol. The second-order valence-electron chi connectivity index (χ2n) is 26.6. The maximum absolute atomic E-state index is 13.1. The molecule has 12 aromatic rings. The van der Waals surface area contributed by atoms with Gasteiger partial charge in [0.1, 0.15) is 17.3 Å². The molecule has 0 radical (unpaired) electrons. The molecule has 4 fully saturated rings. The minimum absolute atomic E-state index is 0.0688. The van der Waals surface area contributed by atoms with Crippen LogP contribution in [0.15, 0.2) is 165 Å². The number of piperidine rings is 3. The zero-order chi connectivity index (χ0) is 69.7. The van der Waals surface area contributed by atoms with Crippen LogP contribution in [0.2, 0.25) is 0 Å². The largest absolute Gasteiger partial charge is 0.508 e. The summed E-state index contributed by atoms with van der Waals surface area (Å²) in [4.78, 5) is 86.5. The number of phenols is 1. The molecule has 4 aliphatic heterocycles. The van der Waals surface area contributed by atoms with Crippen LogP contribution in [0.5, 0.6) is 5.75 Å². The van der Waals surface area contributed by atoms with Crippen LogP contribution >= 0.6 is 0 Å². The number of hydrogen-bond acceptors (Lipinski definition) is 17. The fourth-order valence-electron chi connectivity index (χ4n) is 13.7. The first-order valence-electron chi connectivity index (χ1n) is 35.2. The molecule has 0 atom stereocenters. The highest BCUT2D eigenvalue weighted by atomic mass is 16.3. The highest BCUT2D eigenvalue weighted by molar-refractivity contribution is 6.13. The molecule has 4 amide bonds. The minimum atomic E-state index is -0.342. The van der Waals surface area contributed by atoms with Crippen molar-refractivity contribution in [3.05, 3.63) is 210 Å². The third kappa shape index (κ3) is 16.7. The van der Waals surface area contributed by atoms with Crippen molar-refractivity contribution in [1.82, 2.24) is 80.1 Å². The lowest BCUT2D eigenvalue weighted by Gasteiger charge is -2.26. The van der Waals surface area contributed by atoms with Gasteiger partial charge in [-0.15, -0.1) is 0 Å². The van der Waals surface area contributed by atoms with Crippen molar-refractivity contribution < 1.29 is 24.3 Å². The summed E-state index contributed by atoms with van der Waals surface area (Å²) in [6, 6.07) is 34.1. The van der Waals surface area contributed by atoms with Crippen LogP contribution < -0.4 is 16.0 Å². The highest BCUT2D eigenvalue weighted by Gasteiger charge is 2.24. The van der Waals surface area contributed by atoms with Gasteiger partial charge in [-0.25, -0.2) is 15.0 Å². The number of carbonyl (C=O) groups is 4. The average Bonchev–Trinajstić information content (AvgIpc) is 1.63. The molecule has 4 aromatic carbocycles. The van der Waals surface area contributed by atoms with Gasteiger partial charge in [-0.2, -0.15) is 15.3 Å². The number of carbonyl (C=O) groups excluding carboxylic acids is 4. The number of nitrogens with zero attached hydrogens (tertiary/aromatic N) is 13. The summed E-state index contributed by atoms with van der Waals surface area (Å²) in [6.45, 7) is 12.9. The maximum atomic E-state index is 13.1. The Balaban J connectivity index is 0.000000130. The van der Waals surface area contributed by atoms with Crippen LogP contribution in [-0.4, -0.2) is 161 Å². The number of fused-ring (bicyclic) bond motifs is 3. The fraction of sp³-hybridized carbons (Fsp3) is 0.295. The topological polar surface area (TPSA) is 301 Å². The molecular weight excluding hydrogens is 1280 g/mol. The van der Waals surface area contributed by atoms with E-state index in [4.69, 9.17) is 0 Å². The van der Waals surface area contributed by atoms with Crippen LogP contribution in [0.25, 0.3) is 66.1 Å². The number of aromatic hydroxyl groups is 1. The van der Waals surface area contributed by atoms with Crippen LogP contribution in [0.3, 0.4) is 0 Å². The number of amides is 4. The Labute approximate surface area is 589 Å². The molecule has 518 valence electrons. The Hall–Kier alpha value is -11.5. The molecule has 12 heterocycles. The monoisotopic (exact) mass is 1360 g/mol. The fourth-order valence-corrected chi connectivity index (χ4v) is 13.7.